The summed E-state index contributed by atoms with van der Waals surface area (Å²) in [7, 11) is 0. The molecule has 0 atom stereocenters. The third-order valence-corrected chi connectivity index (χ3v) is 4.15. The Hall–Kier alpha value is -0.790. The summed E-state index contributed by atoms with van der Waals surface area (Å²) in [6.07, 6.45) is 24.2. The molecule has 22 heavy (non-hydrogen) atoms. The molecule has 0 amide bonds. The zero-order valence-corrected chi connectivity index (χ0v) is 14.8. The molecular formula is C20H38O2. The first-order valence-corrected chi connectivity index (χ1v) is 9.64. The van der Waals surface area contributed by atoms with Crippen molar-refractivity contribution in [2.45, 2.75) is 110 Å². The molecule has 0 unspecified atom stereocenters. The zero-order valence-electron chi connectivity index (χ0n) is 14.8. The first-order valence-electron chi connectivity index (χ1n) is 9.64. The van der Waals surface area contributed by atoms with Crippen LogP contribution in [0.15, 0.2) is 12.2 Å². The number of allylic oxidation sites excluding steroid dienone is 2. The monoisotopic (exact) mass is 310 g/mol. The summed E-state index contributed by atoms with van der Waals surface area (Å²) >= 11 is 0. The third-order valence-electron chi connectivity index (χ3n) is 4.15. The second-order valence-corrected chi connectivity index (χ2v) is 6.44. The lowest BCUT2D eigenvalue weighted by Crippen LogP contribution is -1.93. The van der Waals surface area contributed by atoms with Gasteiger partial charge in [-0.2, -0.15) is 0 Å². The highest BCUT2D eigenvalue weighted by Gasteiger charge is 1.95. The third kappa shape index (κ3) is 19.2. The minimum Gasteiger partial charge on any atom is -0.481 e. The lowest BCUT2D eigenvalue weighted by molar-refractivity contribution is -0.137. The number of aliphatic carboxylic acids is 1. The normalized spacial score (nSPS) is 11.3. The molecule has 0 aliphatic carbocycles. The number of carboxylic acids is 1. The number of carbonyl (C=O) groups is 1. The van der Waals surface area contributed by atoms with Gasteiger partial charge in [-0.3, -0.25) is 4.79 Å². The second-order valence-electron chi connectivity index (χ2n) is 6.44. The molecule has 0 aromatic carbocycles. The standard InChI is InChI=1S/C20H38O2/c1-2-3-4-5-6-7-8-9-10-11-12-13-14-15-16-17-18-19-20(21)22/h12-13H,2-11,14-19H2,1H3,(H,21,22). The smallest absolute Gasteiger partial charge is 0.303 e. The number of rotatable bonds is 17. The van der Waals surface area contributed by atoms with Crippen molar-refractivity contribution >= 4 is 5.97 Å². The van der Waals surface area contributed by atoms with Gasteiger partial charge in [0, 0.05) is 6.42 Å². The fraction of sp³-hybridized carbons (Fsp3) is 0.850. The van der Waals surface area contributed by atoms with Gasteiger partial charge in [0.25, 0.3) is 0 Å². The molecule has 2 nitrogen and oxygen atoms in total. The summed E-state index contributed by atoms with van der Waals surface area (Å²) in [6.45, 7) is 2.27. The van der Waals surface area contributed by atoms with Crippen molar-refractivity contribution < 1.29 is 9.90 Å². The molecule has 0 aliphatic rings. The minimum atomic E-state index is -0.666. The van der Waals surface area contributed by atoms with E-state index in [-0.39, 0.29) is 0 Å². The SMILES string of the molecule is CCCCCCCCCCCC=CCCCCCCC(=O)O. The Bertz CT molecular complexity index is 258. The summed E-state index contributed by atoms with van der Waals surface area (Å²) in [5.74, 6) is -0.666. The van der Waals surface area contributed by atoms with Gasteiger partial charge in [-0.25, -0.2) is 0 Å². The van der Waals surface area contributed by atoms with Crippen molar-refractivity contribution in [3.63, 3.8) is 0 Å². The zero-order chi connectivity index (χ0) is 16.3. The first-order chi connectivity index (χ1) is 10.8. The summed E-state index contributed by atoms with van der Waals surface area (Å²) in [5, 5.41) is 8.53. The number of carboxylic acid groups (broad SMARTS) is 1. The van der Waals surface area contributed by atoms with Crippen molar-refractivity contribution in [2.75, 3.05) is 0 Å². The Morgan fingerprint density at radius 1 is 0.682 bits per heavy atom. The highest BCUT2D eigenvalue weighted by atomic mass is 16.4. The molecule has 0 radical (unpaired) electrons. The van der Waals surface area contributed by atoms with Crippen LogP contribution in [-0.2, 0) is 4.79 Å². The van der Waals surface area contributed by atoms with E-state index in [1.54, 1.807) is 0 Å². The summed E-state index contributed by atoms with van der Waals surface area (Å²) < 4.78 is 0. The van der Waals surface area contributed by atoms with E-state index in [0.29, 0.717) is 6.42 Å². The molecule has 0 spiro atoms. The van der Waals surface area contributed by atoms with Crippen LogP contribution in [0.5, 0.6) is 0 Å². The Labute approximate surface area is 138 Å². The van der Waals surface area contributed by atoms with Gasteiger partial charge in [-0.1, -0.05) is 83.3 Å². The molecule has 0 fully saturated rings. The van der Waals surface area contributed by atoms with Crippen LogP contribution in [0, 0.1) is 0 Å². The van der Waals surface area contributed by atoms with Crippen LogP contribution in [0.4, 0.5) is 0 Å². The van der Waals surface area contributed by atoms with Crippen molar-refractivity contribution in [2.24, 2.45) is 0 Å². The van der Waals surface area contributed by atoms with E-state index in [2.05, 4.69) is 19.1 Å². The number of hydrogen-bond donors (Lipinski definition) is 1. The van der Waals surface area contributed by atoms with E-state index < -0.39 is 5.97 Å². The van der Waals surface area contributed by atoms with E-state index >= 15 is 0 Å². The van der Waals surface area contributed by atoms with Crippen LogP contribution < -0.4 is 0 Å². The van der Waals surface area contributed by atoms with Crippen LogP contribution >= 0.6 is 0 Å². The molecule has 0 aromatic rings. The van der Waals surface area contributed by atoms with Gasteiger partial charge in [-0.15, -0.1) is 0 Å². The van der Waals surface area contributed by atoms with E-state index in [9.17, 15) is 4.79 Å². The molecule has 0 heterocycles. The molecule has 0 aromatic heterocycles. The predicted octanol–water partition coefficient (Wildman–Crippen LogP) is 6.89. The quantitative estimate of drug-likeness (QED) is 0.234. The van der Waals surface area contributed by atoms with Crippen LogP contribution in [0.1, 0.15) is 110 Å². The second kappa shape index (κ2) is 18.3. The van der Waals surface area contributed by atoms with E-state index in [0.717, 1.165) is 25.7 Å². The Morgan fingerprint density at radius 3 is 1.55 bits per heavy atom. The molecular weight excluding hydrogens is 272 g/mol. The maximum Gasteiger partial charge on any atom is 0.303 e. The summed E-state index contributed by atoms with van der Waals surface area (Å²) in [4.78, 5) is 10.3. The van der Waals surface area contributed by atoms with Gasteiger partial charge in [0.05, 0.1) is 0 Å². The fourth-order valence-corrected chi connectivity index (χ4v) is 2.70. The largest absolute Gasteiger partial charge is 0.481 e. The maximum absolute atomic E-state index is 10.3. The van der Waals surface area contributed by atoms with Crippen LogP contribution in [0.2, 0.25) is 0 Å². The number of unbranched alkanes of at least 4 members (excludes halogenated alkanes) is 13. The highest BCUT2D eigenvalue weighted by molar-refractivity contribution is 5.66. The average Bonchev–Trinajstić information content (AvgIpc) is 2.50. The molecule has 0 saturated heterocycles. The van der Waals surface area contributed by atoms with Gasteiger partial charge in [0.1, 0.15) is 0 Å². The predicted molar refractivity (Wildman–Crippen MR) is 96.3 cm³/mol. The highest BCUT2D eigenvalue weighted by Crippen LogP contribution is 2.11. The van der Waals surface area contributed by atoms with Crippen LogP contribution in [0.25, 0.3) is 0 Å². The number of hydrogen-bond acceptors (Lipinski definition) is 1. The molecule has 1 N–H and O–H groups in total. The van der Waals surface area contributed by atoms with Gasteiger partial charge < -0.3 is 5.11 Å². The summed E-state index contributed by atoms with van der Waals surface area (Å²) in [5.41, 5.74) is 0. The van der Waals surface area contributed by atoms with Crippen LogP contribution in [-0.4, -0.2) is 11.1 Å². The summed E-state index contributed by atoms with van der Waals surface area (Å²) in [6, 6.07) is 0. The maximum atomic E-state index is 10.3. The van der Waals surface area contributed by atoms with Gasteiger partial charge >= 0.3 is 5.97 Å². The van der Waals surface area contributed by atoms with E-state index in [4.69, 9.17) is 5.11 Å². The van der Waals surface area contributed by atoms with Gasteiger partial charge in [0.15, 0.2) is 0 Å². The topological polar surface area (TPSA) is 37.3 Å². The minimum absolute atomic E-state index is 0.328. The molecule has 130 valence electrons. The Morgan fingerprint density at radius 2 is 1.09 bits per heavy atom. The lowest BCUT2D eigenvalue weighted by atomic mass is 10.1. The van der Waals surface area contributed by atoms with E-state index in [1.165, 1.54) is 70.6 Å². The van der Waals surface area contributed by atoms with Gasteiger partial charge in [0.2, 0.25) is 0 Å². The Balaban J connectivity index is 3.07. The molecule has 0 bridgehead atoms. The lowest BCUT2D eigenvalue weighted by Gasteiger charge is -2.00. The van der Waals surface area contributed by atoms with Crippen molar-refractivity contribution in [1.82, 2.24) is 0 Å². The molecule has 0 rings (SSSR count). The van der Waals surface area contributed by atoms with E-state index in [1.807, 2.05) is 0 Å². The fourth-order valence-electron chi connectivity index (χ4n) is 2.70. The molecule has 0 aliphatic heterocycles. The first kappa shape index (κ1) is 21.2. The molecule has 2 heteroatoms. The van der Waals surface area contributed by atoms with Crippen molar-refractivity contribution in [3.05, 3.63) is 12.2 Å². The van der Waals surface area contributed by atoms with Crippen LogP contribution in [0.3, 0.4) is 0 Å². The van der Waals surface area contributed by atoms with Gasteiger partial charge in [-0.05, 0) is 32.1 Å². The molecule has 0 saturated carbocycles. The van der Waals surface area contributed by atoms with Crippen molar-refractivity contribution in [1.29, 1.82) is 0 Å². The Kier molecular flexibility index (Phi) is 17.6. The van der Waals surface area contributed by atoms with Crippen molar-refractivity contribution in [3.8, 4) is 0 Å². The average molecular weight is 311 g/mol.